The summed E-state index contributed by atoms with van der Waals surface area (Å²) in [5.74, 6) is -4.92. The van der Waals surface area contributed by atoms with Crippen molar-refractivity contribution in [3.63, 3.8) is 0 Å². The van der Waals surface area contributed by atoms with Gasteiger partial charge < -0.3 is 25.2 Å². The molecule has 0 radical (unpaired) electrons. The maximum atomic E-state index is 15.5. The van der Waals surface area contributed by atoms with Gasteiger partial charge in [-0.2, -0.15) is 5.26 Å². The Morgan fingerprint density at radius 1 is 1.16 bits per heavy atom. The molecular weight excluding hydrogens is 569 g/mol. The maximum Gasteiger partial charge on any atom is 0.327 e. The number of rotatable bonds is 6. The van der Waals surface area contributed by atoms with Crippen molar-refractivity contribution in [1.82, 2.24) is 20.0 Å². The standard InChI is InChI=1S/C29H31F3N6O5/c1-15(2)38-28(42)37(13-16-4-5-16)26(40)18-9-22(21(32)11-29(18,38)3)35-27(41)36-6-7-43-24(14-36)25(39)34-23-10-19(30)17(12-33)8-20(23)31/h8-11,15-16,18,24H,4-7,13-14H2,1-3H3,(H,34,39)(H,35,41)/t18?,24-,29+/m1/s1. The second-order valence-electron chi connectivity index (χ2n) is 11.6. The lowest BCUT2D eigenvalue weighted by Gasteiger charge is -2.52. The number of carbonyl (C=O) groups excluding carboxylic acids is 4. The number of hydrogen-bond acceptors (Lipinski definition) is 6. The van der Waals surface area contributed by atoms with E-state index in [1.54, 1.807) is 20.8 Å². The van der Waals surface area contributed by atoms with Crippen LogP contribution in [0.1, 0.15) is 39.2 Å². The molecule has 0 spiro atoms. The van der Waals surface area contributed by atoms with Gasteiger partial charge in [0.2, 0.25) is 5.91 Å². The van der Waals surface area contributed by atoms with Crippen LogP contribution in [-0.4, -0.2) is 82.5 Å². The SMILES string of the molecule is CC(C)N1C(=O)N(CC2CC2)C(=O)C2C=C(NC(=O)N3CCO[C@@H](C(=O)Nc4cc(F)c(C#N)cc4F)C3)C(F)=C[C@@]21C. The van der Waals surface area contributed by atoms with Crippen LogP contribution in [0, 0.1) is 34.8 Å². The lowest BCUT2D eigenvalue weighted by molar-refractivity contribution is -0.140. The van der Waals surface area contributed by atoms with Gasteiger partial charge in [0.1, 0.15) is 23.5 Å². The van der Waals surface area contributed by atoms with Gasteiger partial charge in [-0.1, -0.05) is 0 Å². The molecule has 11 nitrogen and oxygen atoms in total. The summed E-state index contributed by atoms with van der Waals surface area (Å²) in [4.78, 5) is 56.7. The third-order valence-electron chi connectivity index (χ3n) is 8.10. The summed E-state index contributed by atoms with van der Waals surface area (Å²) in [5, 5.41) is 13.5. The number of nitrogens with one attached hydrogen (secondary N) is 2. The van der Waals surface area contributed by atoms with Gasteiger partial charge in [0.05, 0.1) is 41.6 Å². The van der Waals surface area contributed by atoms with Crippen LogP contribution in [0.5, 0.6) is 0 Å². The summed E-state index contributed by atoms with van der Waals surface area (Å²) in [6.45, 7) is 5.15. The van der Waals surface area contributed by atoms with E-state index in [-0.39, 0.29) is 43.9 Å². The number of morpholine rings is 1. The third kappa shape index (κ3) is 5.69. The number of allylic oxidation sites excluding steroid dienone is 1. The van der Waals surface area contributed by atoms with E-state index in [0.717, 1.165) is 12.8 Å². The first-order chi connectivity index (χ1) is 20.3. The van der Waals surface area contributed by atoms with Crippen LogP contribution in [0.25, 0.3) is 0 Å². The molecular formula is C29H31F3N6O5. The Morgan fingerprint density at radius 3 is 2.53 bits per heavy atom. The number of benzene rings is 1. The fraction of sp³-hybridized carbons (Fsp3) is 0.483. The minimum atomic E-state index is -1.29. The minimum Gasteiger partial charge on any atom is -0.365 e. The molecule has 1 aromatic rings. The fourth-order valence-electron chi connectivity index (χ4n) is 5.71. The molecule has 2 N–H and O–H groups in total. The molecule has 228 valence electrons. The van der Waals surface area contributed by atoms with Gasteiger partial charge >= 0.3 is 12.1 Å². The number of urea groups is 2. The van der Waals surface area contributed by atoms with Crippen molar-refractivity contribution in [2.75, 3.05) is 31.6 Å². The van der Waals surface area contributed by atoms with Gasteiger partial charge in [0.25, 0.3) is 5.91 Å². The van der Waals surface area contributed by atoms with Gasteiger partial charge in [-0.15, -0.1) is 0 Å². The summed E-state index contributed by atoms with van der Waals surface area (Å²) >= 11 is 0. The Bertz CT molecular complexity index is 1490. The summed E-state index contributed by atoms with van der Waals surface area (Å²) in [6.07, 6.45) is 3.08. The Kier molecular flexibility index (Phi) is 7.95. The zero-order valence-corrected chi connectivity index (χ0v) is 23.8. The van der Waals surface area contributed by atoms with Crippen molar-refractivity contribution in [2.24, 2.45) is 11.8 Å². The Hall–Kier alpha value is -4.38. The number of fused-ring (bicyclic) bond motifs is 1. The molecule has 5 rings (SSSR count). The van der Waals surface area contributed by atoms with Crippen molar-refractivity contribution >= 4 is 29.6 Å². The van der Waals surface area contributed by atoms with Crippen molar-refractivity contribution in [1.29, 1.82) is 5.26 Å². The predicted molar refractivity (Wildman–Crippen MR) is 146 cm³/mol. The van der Waals surface area contributed by atoms with Crippen LogP contribution >= 0.6 is 0 Å². The largest absolute Gasteiger partial charge is 0.365 e. The second-order valence-corrected chi connectivity index (χ2v) is 11.6. The predicted octanol–water partition coefficient (Wildman–Crippen LogP) is 3.39. The zero-order valence-electron chi connectivity index (χ0n) is 23.8. The van der Waals surface area contributed by atoms with Crippen LogP contribution < -0.4 is 10.6 Å². The third-order valence-corrected chi connectivity index (χ3v) is 8.10. The monoisotopic (exact) mass is 600 g/mol. The van der Waals surface area contributed by atoms with Gasteiger partial charge in [-0.05, 0) is 57.7 Å². The number of anilines is 1. The van der Waals surface area contributed by atoms with E-state index >= 15 is 4.39 Å². The average molecular weight is 601 g/mol. The van der Waals surface area contributed by atoms with Crippen LogP contribution in [0.4, 0.5) is 28.4 Å². The van der Waals surface area contributed by atoms with Crippen molar-refractivity contribution in [3.05, 3.63) is 53.0 Å². The molecule has 43 heavy (non-hydrogen) atoms. The number of nitriles is 1. The molecule has 3 fully saturated rings. The van der Waals surface area contributed by atoms with Crippen LogP contribution in [0.3, 0.4) is 0 Å². The Morgan fingerprint density at radius 2 is 1.88 bits per heavy atom. The van der Waals surface area contributed by atoms with Crippen molar-refractivity contribution in [2.45, 2.75) is 51.3 Å². The maximum absolute atomic E-state index is 15.5. The molecule has 4 aliphatic rings. The normalized spacial score (nSPS) is 25.6. The van der Waals surface area contributed by atoms with Crippen molar-refractivity contribution in [3.8, 4) is 6.07 Å². The zero-order chi connectivity index (χ0) is 31.2. The fourth-order valence-corrected chi connectivity index (χ4v) is 5.71. The molecule has 0 bridgehead atoms. The molecule has 2 saturated heterocycles. The minimum absolute atomic E-state index is 0.0406. The summed E-state index contributed by atoms with van der Waals surface area (Å²) in [6, 6.07) is 1.23. The molecule has 6 amide bonds. The summed E-state index contributed by atoms with van der Waals surface area (Å²) < 4.78 is 49.1. The molecule has 2 aliphatic heterocycles. The van der Waals surface area contributed by atoms with E-state index in [0.29, 0.717) is 12.1 Å². The van der Waals surface area contributed by atoms with E-state index in [1.807, 2.05) is 0 Å². The highest BCUT2D eigenvalue weighted by molar-refractivity contribution is 6.01. The van der Waals surface area contributed by atoms with E-state index in [2.05, 4.69) is 10.6 Å². The highest BCUT2D eigenvalue weighted by atomic mass is 19.1. The molecule has 1 aromatic carbocycles. The quantitative estimate of drug-likeness (QED) is 0.514. The van der Waals surface area contributed by atoms with E-state index in [9.17, 15) is 28.0 Å². The lowest BCUT2D eigenvalue weighted by atomic mass is 9.76. The number of halogens is 3. The van der Waals surface area contributed by atoms with Crippen LogP contribution in [0.2, 0.25) is 0 Å². The number of hydrogen-bond donors (Lipinski definition) is 2. The van der Waals surface area contributed by atoms with E-state index in [1.165, 1.54) is 32.9 Å². The van der Waals surface area contributed by atoms with Crippen molar-refractivity contribution < 1.29 is 37.1 Å². The molecule has 2 heterocycles. The molecule has 0 aromatic heterocycles. The van der Waals surface area contributed by atoms with Gasteiger partial charge in [0.15, 0.2) is 6.10 Å². The first-order valence-electron chi connectivity index (χ1n) is 14.0. The Balaban J connectivity index is 1.30. The first kappa shape index (κ1) is 30.1. The van der Waals surface area contributed by atoms with Gasteiger partial charge in [-0.25, -0.2) is 22.8 Å². The highest BCUT2D eigenvalue weighted by Gasteiger charge is 2.55. The van der Waals surface area contributed by atoms with Gasteiger partial charge in [0, 0.05) is 25.2 Å². The number of carbonyl (C=O) groups is 4. The van der Waals surface area contributed by atoms with E-state index in [4.69, 9.17) is 10.00 Å². The number of amides is 6. The van der Waals surface area contributed by atoms with E-state index < -0.39 is 70.1 Å². The second kappa shape index (κ2) is 11.4. The van der Waals surface area contributed by atoms with Crippen LogP contribution in [-0.2, 0) is 14.3 Å². The number of nitrogens with zero attached hydrogens (tertiary/aromatic N) is 4. The highest BCUT2D eigenvalue weighted by Crippen LogP contribution is 2.43. The van der Waals surface area contributed by atoms with Crippen LogP contribution in [0.15, 0.2) is 35.8 Å². The topological polar surface area (TPSA) is 135 Å². The smallest absolute Gasteiger partial charge is 0.327 e. The molecule has 1 unspecified atom stereocenters. The number of imide groups is 1. The lowest BCUT2D eigenvalue weighted by Crippen LogP contribution is -2.69. The van der Waals surface area contributed by atoms with Gasteiger partial charge in [-0.3, -0.25) is 14.5 Å². The molecule has 2 aliphatic carbocycles. The average Bonchev–Trinajstić information content (AvgIpc) is 3.78. The Labute approximate surface area is 245 Å². The summed E-state index contributed by atoms with van der Waals surface area (Å²) in [5.41, 5.74) is -2.56. The molecule has 3 atom stereocenters. The molecule has 14 heteroatoms. The molecule has 1 saturated carbocycles. The number of ether oxygens (including phenoxy) is 1. The summed E-state index contributed by atoms with van der Waals surface area (Å²) in [7, 11) is 0. The first-order valence-corrected chi connectivity index (χ1v) is 14.0.